The van der Waals surface area contributed by atoms with Crippen LogP contribution in [0.4, 0.5) is 9.18 Å². The SMILES string of the molecule is CC(=O)N1CCC(COc2ncc(-c3cccc(COC(=O)N=C(N)N)c3F)cn2)C1. The first-order valence-electron chi connectivity index (χ1n) is 9.58. The summed E-state index contributed by atoms with van der Waals surface area (Å²) in [6, 6.07) is 4.83. The van der Waals surface area contributed by atoms with E-state index in [9.17, 15) is 14.0 Å². The Bertz CT molecular complexity index is 978. The fourth-order valence-corrected chi connectivity index (χ4v) is 3.17. The lowest BCUT2D eigenvalue weighted by atomic mass is 10.1. The highest BCUT2D eigenvalue weighted by molar-refractivity contribution is 5.87. The highest BCUT2D eigenvalue weighted by Crippen LogP contribution is 2.25. The number of nitrogens with two attached hydrogens (primary N) is 2. The van der Waals surface area contributed by atoms with Crippen molar-refractivity contribution in [2.75, 3.05) is 19.7 Å². The minimum Gasteiger partial charge on any atom is -0.463 e. The number of aromatic nitrogens is 2. The maximum absolute atomic E-state index is 14.8. The van der Waals surface area contributed by atoms with Crippen LogP contribution < -0.4 is 16.2 Å². The molecule has 0 aliphatic carbocycles. The Hall–Kier alpha value is -3.76. The molecule has 1 aliphatic rings. The first-order valence-corrected chi connectivity index (χ1v) is 9.58. The number of benzene rings is 1. The fourth-order valence-electron chi connectivity index (χ4n) is 3.17. The van der Waals surface area contributed by atoms with E-state index in [2.05, 4.69) is 15.0 Å². The summed E-state index contributed by atoms with van der Waals surface area (Å²) in [7, 11) is 0. The van der Waals surface area contributed by atoms with Gasteiger partial charge >= 0.3 is 12.1 Å². The zero-order valence-electron chi connectivity index (χ0n) is 17.0. The third-order valence-electron chi connectivity index (χ3n) is 4.77. The number of amides is 2. The highest BCUT2D eigenvalue weighted by Gasteiger charge is 2.24. The van der Waals surface area contributed by atoms with E-state index in [4.69, 9.17) is 20.9 Å². The normalized spacial score (nSPS) is 15.4. The molecule has 10 nitrogen and oxygen atoms in total. The number of carbonyl (C=O) groups is 2. The second-order valence-corrected chi connectivity index (χ2v) is 7.05. The zero-order valence-corrected chi connectivity index (χ0v) is 17.0. The summed E-state index contributed by atoms with van der Waals surface area (Å²) >= 11 is 0. The van der Waals surface area contributed by atoms with Crippen LogP contribution >= 0.6 is 0 Å². The van der Waals surface area contributed by atoms with Crippen molar-refractivity contribution in [3.8, 4) is 17.1 Å². The topological polar surface area (TPSA) is 146 Å². The average Bonchev–Trinajstić information content (AvgIpc) is 3.21. The van der Waals surface area contributed by atoms with Crippen LogP contribution in [0.2, 0.25) is 0 Å². The molecule has 0 spiro atoms. The summed E-state index contributed by atoms with van der Waals surface area (Å²) in [6.07, 6.45) is 2.76. The Morgan fingerprint density at radius 3 is 2.68 bits per heavy atom. The summed E-state index contributed by atoms with van der Waals surface area (Å²) in [6.45, 7) is 2.98. The number of guanidine groups is 1. The van der Waals surface area contributed by atoms with Crippen LogP contribution in [0.3, 0.4) is 0 Å². The Morgan fingerprint density at radius 2 is 2.03 bits per heavy atom. The molecule has 3 rings (SSSR count). The number of hydrogen-bond acceptors (Lipinski definition) is 6. The first-order chi connectivity index (χ1) is 14.8. The Morgan fingerprint density at radius 1 is 1.29 bits per heavy atom. The molecular weight excluding hydrogens is 407 g/mol. The van der Waals surface area contributed by atoms with Crippen LogP contribution in [0.1, 0.15) is 18.9 Å². The second-order valence-electron chi connectivity index (χ2n) is 7.05. The van der Waals surface area contributed by atoms with Crippen LogP contribution in [-0.4, -0.2) is 52.5 Å². The standard InChI is InChI=1S/C20H23FN6O4/c1-12(28)27-6-5-13(9-27)10-30-19-24-7-15(8-25-19)16-4-2-3-14(17(16)21)11-31-20(29)26-18(22)23/h2-4,7-8,13H,5-6,9-11H2,1H3,(H4,22,23,26,29). The van der Waals surface area contributed by atoms with E-state index >= 15 is 0 Å². The van der Waals surface area contributed by atoms with Crippen molar-refractivity contribution in [3.63, 3.8) is 0 Å². The minimum absolute atomic E-state index is 0.0540. The molecule has 11 heteroatoms. The van der Waals surface area contributed by atoms with Crippen LogP contribution in [0, 0.1) is 11.7 Å². The molecule has 1 aromatic heterocycles. The summed E-state index contributed by atoms with van der Waals surface area (Å²) in [5, 5.41) is 0. The minimum atomic E-state index is -1.01. The quantitative estimate of drug-likeness (QED) is 0.517. The fraction of sp³-hybridized carbons (Fsp3) is 0.350. The van der Waals surface area contributed by atoms with E-state index in [0.29, 0.717) is 18.7 Å². The molecule has 0 saturated carbocycles. The van der Waals surface area contributed by atoms with Crippen molar-refractivity contribution in [1.82, 2.24) is 14.9 Å². The van der Waals surface area contributed by atoms with Crippen molar-refractivity contribution < 1.29 is 23.5 Å². The molecule has 0 bridgehead atoms. The van der Waals surface area contributed by atoms with Gasteiger partial charge in [-0.1, -0.05) is 18.2 Å². The molecule has 2 heterocycles. The second kappa shape index (κ2) is 9.83. The Balaban J connectivity index is 1.61. The molecular formula is C20H23FN6O4. The third kappa shape index (κ3) is 5.87. The van der Waals surface area contributed by atoms with Crippen LogP contribution in [0.25, 0.3) is 11.1 Å². The van der Waals surface area contributed by atoms with Crippen LogP contribution in [0.15, 0.2) is 35.6 Å². The summed E-state index contributed by atoms with van der Waals surface area (Å²) in [4.78, 5) is 36.0. The molecule has 1 aliphatic heterocycles. The van der Waals surface area contributed by atoms with Gasteiger partial charge in [0.05, 0.1) is 6.61 Å². The number of rotatable bonds is 6. The van der Waals surface area contributed by atoms with Crippen molar-refractivity contribution in [2.24, 2.45) is 22.4 Å². The van der Waals surface area contributed by atoms with E-state index in [-0.39, 0.29) is 35.6 Å². The van der Waals surface area contributed by atoms with Crippen LogP contribution in [-0.2, 0) is 16.1 Å². The van der Waals surface area contributed by atoms with Gasteiger partial charge in [0.2, 0.25) is 5.91 Å². The van der Waals surface area contributed by atoms with Gasteiger partial charge in [0.25, 0.3) is 0 Å². The molecule has 1 atom stereocenters. The molecule has 1 aromatic carbocycles. The molecule has 1 fully saturated rings. The maximum atomic E-state index is 14.8. The lowest BCUT2D eigenvalue weighted by Gasteiger charge is -2.14. The molecule has 164 valence electrons. The number of ether oxygens (including phenoxy) is 2. The van der Waals surface area contributed by atoms with Crippen molar-refractivity contribution in [3.05, 3.63) is 42.0 Å². The van der Waals surface area contributed by atoms with Crippen molar-refractivity contribution in [1.29, 1.82) is 0 Å². The van der Waals surface area contributed by atoms with Gasteiger partial charge in [0.15, 0.2) is 5.96 Å². The zero-order chi connectivity index (χ0) is 22.4. The van der Waals surface area contributed by atoms with Gasteiger partial charge in [-0.15, -0.1) is 4.99 Å². The Labute approximate surface area is 178 Å². The van der Waals surface area contributed by atoms with Crippen molar-refractivity contribution >= 4 is 18.0 Å². The molecule has 1 unspecified atom stereocenters. The average molecular weight is 430 g/mol. The van der Waals surface area contributed by atoms with E-state index in [1.54, 1.807) is 24.0 Å². The molecule has 4 N–H and O–H groups in total. The van der Waals surface area contributed by atoms with E-state index in [1.165, 1.54) is 18.5 Å². The molecule has 31 heavy (non-hydrogen) atoms. The van der Waals surface area contributed by atoms with Gasteiger partial charge in [0.1, 0.15) is 12.4 Å². The highest BCUT2D eigenvalue weighted by atomic mass is 19.1. The lowest BCUT2D eigenvalue weighted by molar-refractivity contribution is -0.127. The van der Waals surface area contributed by atoms with Gasteiger partial charge in [-0.2, -0.15) is 0 Å². The molecule has 2 aromatic rings. The van der Waals surface area contributed by atoms with Crippen LogP contribution in [0.5, 0.6) is 6.01 Å². The number of hydrogen-bond donors (Lipinski definition) is 2. The summed E-state index contributed by atoms with van der Waals surface area (Å²) in [5.74, 6) is -0.739. The van der Waals surface area contributed by atoms with E-state index in [0.717, 1.165) is 13.0 Å². The van der Waals surface area contributed by atoms with Gasteiger partial charge < -0.3 is 25.8 Å². The van der Waals surface area contributed by atoms with Gasteiger partial charge in [-0.25, -0.2) is 19.2 Å². The third-order valence-corrected chi connectivity index (χ3v) is 4.77. The molecule has 0 radical (unpaired) electrons. The predicted octanol–water partition coefficient (Wildman–Crippen LogP) is 1.44. The number of likely N-dealkylation sites (tertiary alicyclic amines) is 1. The lowest BCUT2D eigenvalue weighted by Crippen LogP contribution is -2.27. The number of nitrogens with zero attached hydrogens (tertiary/aromatic N) is 4. The predicted molar refractivity (Wildman–Crippen MR) is 109 cm³/mol. The smallest absolute Gasteiger partial charge is 0.437 e. The Kier molecular flexibility index (Phi) is 6.96. The van der Waals surface area contributed by atoms with Crippen molar-refractivity contribution in [2.45, 2.75) is 20.0 Å². The van der Waals surface area contributed by atoms with E-state index < -0.39 is 17.9 Å². The summed E-state index contributed by atoms with van der Waals surface area (Å²) < 4.78 is 25.3. The largest absolute Gasteiger partial charge is 0.463 e. The maximum Gasteiger partial charge on any atom is 0.437 e. The summed E-state index contributed by atoms with van der Waals surface area (Å²) in [5.41, 5.74) is 11.0. The van der Waals surface area contributed by atoms with Gasteiger partial charge in [-0.05, 0) is 6.42 Å². The van der Waals surface area contributed by atoms with E-state index in [1.807, 2.05) is 0 Å². The monoisotopic (exact) mass is 430 g/mol. The first kappa shape index (κ1) is 21.9. The molecule has 2 amide bonds. The number of carbonyl (C=O) groups excluding carboxylic acids is 2. The van der Waals surface area contributed by atoms with Gasteiger partial charge in [-0.3, -0.25) is 4.79 Å². The number of halogens is 1. The van der Waals surface area contributed by atoms with Gasteiger partial charge in [0, 0.05) is 55.0 Å². The molecule has 1 saturated heterocycles. The number of aliphatic imine (C=N–C) groups is 1.